The summed E-state index contributed by atoms with van der Waals surface area (Å²) in [5, 5.41) is 2.74. The predicted octanol–water partition coefficient (Wildman–Crippen LogP) is 2.41. The number of benzene rings is 1. The Labute approximate surface area is 157 Å². The molecule has 0 unspecified atom stereocenters. The minimum Gasteiger partial charge on any atom is -0.436 e. The Kier molecular flexibility index (Phi) is 5.70. The number of aromatic nitrogens is 2. The van der Waals surface area contributed by atoms with E-state index < -0.39 is 5.82 Å². The molecule has 1 aliphatic heterocycles. The van der Waals surface area contributed by atoms with Crippen LogP contribution in [0.3, 0.4) is 0 Å². The average molecular weight is 374 g/mol. The van der Waals surface area contributed by atoms with Crippen molar-refractivity contribution in [3.8, 4) is 11.6 Å². The fourth-order valence-electron chi connectivity index (χ4n) is 3.05. The summed E-state index contributed by atoms with van der Waals surface area (Å²) in [6.07, 6.45) is 2.22. The molecule has 27 heavy (non-hydrogen) atoms. The van der Waals surface area contributed by atoms with Crippen LogP contribution in [-0.2, 0) is 0 Å². The molecule has 0 aliphatic carbocycles. The minimum absolute atomic E-state index is 0.00810. The number of likely N-dealkylation sites (tertiary alicyclic amines) is 1. The second-order valence-corrected chi connectivity index (χ2v) is 6.83. The zero-order valence-corrected chi connectivity index (χ0v) is 15.4. The maximum atomic E-state index is 13.8. The van der Waals surface area contributed by atoms with Crippen molar-refractivity contribution in [1.82, 2.24) is 19.8 Å². The van der Waals surface area contributed by atoms with Crippen LogP contribution in [0.4, 0.5) is 20.7 Å². The van der Waals surface area contributed by atoms with Crippen molar-refractivity contribution >= 4 is 17.5 Å². The van der Waals surface area contributed by atoms with Gasteiger partial charge in [0.05, 0.1) is 0 Å². The quantitative estimate of drug-likeness (QED) is 0.780. The van der Waals surface area contributed by atoms with Gasteiger partial charge in [-0.1, -0.05) is 0 Å². The summed E-state index contributed by atoms with van der Waals surface area (Å²) >= 11 is 0. The van der Waals surface area contributed by atoms with Crippen LogP contribution in [0.5, 0.6) is 11.6 Å². The third kappa shape index (κ3) is 5.04. The molecule has 1 aromatic heterocycles. The Hall–Kier alpha value is -2.94. The summed E-state index contributed by atoms with van der Waals surface area (Å²) in [6.45, 7) is 2.35. The number of anilines is 2. The minimum atomic E-state index is -0.594. The highest BCUT2D eigenvalue weighted by molar-refractivity contribution is 5.88. The van der Waals surface area contributed by atoms with Crippen LogP contribution in [0, 0.1) is 11.7 Å². The number of amides is 2. The number of nitrogens with zero attached hydrogens (tertiary/aromatic N) is 4. The van der Waals surface area contributed by atoms with E-state index >= 15 is 0 Å². The number of nitrogens with two attached hydrogens (primary N) is 1. The van der Waals surface area contributed by atoms with Gasteiger partial charge in [-0.3, -0.25) is 5.32 Å². The number of ether oxygens (including phenoxy) is 1. The zero-order chi connectivity index (χ0) is 19.4. The maximum Gasteiger partial charge on any atom is 0.323 e. The molecular weight excluding hydrogens is 351 g/mol. The summed E-state index contributed by atoms with van der Waals surface area (Å²) in [6, 6.07) is 5.33. The molecule has 1 saturated heterocycles. The molecule has 1 fully saturated rings. The molecule has 2 heterocycles. The third-order valence-electron chi connectivity index (χ3n) is 4.24. The first-order valence-corrected chi connectivity index (χ1v) is 8.66. The lowest BCUT2D eigenvalue weighted by Gasteiger charge is -2.19. The molecule has 2 amide bonds. The number of nitrogens with one attached hydrogen (secondary N) is 1. The number of rotatable bonds is 5. The monoisotopic (exact) mass is 374 g/mol. The molecule has 0 bridgehead atoms. The Morgan fingerprint density at radius 1 is 1.41 bits per heavy atom. The van der Waals surface area contributed by atoms with Crippen LogP contribution in [0.1, 0.15) is 6.42 Å². The van der Waals surface area contributed by atoms with Crippen molar-refractivity contribution in [3.63, 3.8) is 0 Å². The van der Waals surface area contributed by atoms with E-state index in [4.69, 9.17) is 10.5 Å². The van der Waals surface area contributed by atoms with Crippen molar-refractivity contribution in [1.29, 1.82) is 0 Å². The van der Waals surface area contributed by atoms with Crippen LogP contribution in [-0.4, -0.2) is 59.5 Å². The van der Waals surface area contributed by atoms with Gasteiger partial charge in [0.1, 0.15) is 12.1 Å². The highest BCUT2D eigenvalue weighted by atomic mass is 19.1. The Morgan fingerprint density at radius 2 is 2.22 bits per heavy atom. The van der Waals surface area contributed by atoms with Crippen LogP contribution in [0.2, 0.25) is 0 Å². The fraction of sp³-hybridized carbons (Fsp3) is 0.389. The lowest BCUT2D eigenvalue weighted by Crippen LogP contribution is -2.34. The van der Waals surface area contributed by atoms with E-state index in [0.717, 1.165) is 19.0 Å². The highest BCUT2D eigenvalue weighted by Gasteiger charge is 2.26. The largest absolute Gasteiger partial charge is 0.436 e. The van der Waals surface area contributed by atoms with Gasteiger partial charge in [-0.2, -0.15) is 0 Å². The van der Waals surface area contributed by atoms with Crippen molar-refractivity contribution in [2.24, 2.45) is 5.92 Å². The SMILES string of the molecule is CN(C)C[C@H]1CCN(C(=O)Nc2cc(Oc3ccc(N)cc3F)ncn2)C1. The second-order valence-electron chi connectivity index (χ2n) is 6.83. The molecule has 0 spiro atoms. The van der Waals surface area contributed by atoms with E-state index in [1.165, 1.54) is 24.5 Å². The molecule has 8 nitrogen and oxygen atoms in total. The van der Waals surface area contributed by atoms with Gasteiger partial charge < -0.3 is 20.3 Å². The summed E-state index contributed by atoms with van der Waals surface area (Å²) in [4.78, 5) is 24.3. The van der Waals surface area contributed by atoms with E-state index in [9.17, 15) is 9.18 Å². The van der Waals surface area contributed by atoms with E-state index in [-0.39, 0.29) is 23.5 Å². The van der Waals surface area contributed by atoms with Crippen molar-refractivity contribution < 1.29 is 13.9 Å². The zero-order valence-electron chi connectivity index (χ0n) is 15.4. The second kappa shape index (κ2) is 8.17. The van der Waals surface area contributed by atoms with Gasteiger partial charge in [0.15, 0.2) is 11.6 Å². The summed E-state index contributed by atoms with van der Waals surface area (Å²) in [7, 11) is 4.05. The van der Waals surface area contributed by atoms with Crippen LogP contribution < -0.4 is 15.8 Å². The Balaban J connectivity index is 1.61. The van der Waals surface area contributed by atoms with Crippen molar-refractivity contribution in [2.45, 2.75) is 6.42 Å². The first kappa shape index (κ1) is 18.8. The van der Waals surface area contributed by atoms with Gasteiger partial charge in [0.2, 0.25) is 5.88 Å². The highest BCUT2D eigenvalue weighted by Crippen LogP contribution is 2.25. The molecule has 3 N–H and O–H groups in total. The van der Waals surface area contributed by atoms with Crippen molar-refractivity contribution in [3.05, 3.63) is 36.4 Å². The summed E-state index contributed by atoms with van der Waals surface area (Å²) < 4.78 is 19.3. The molecule has 0 radical (unpaired) electrons. The smallest absolute Gasteiger partial charge is 0.323 e. The number of carbonyl (C=O) groups excluding carboxylic acids is 1. The third-order valence-corrected chi connectivity index (χ3v) is 4.24. The van der Waals surface area contributed by atoms with Crippen LogP contribution >= 0.6 is 0 Å². The van der Waals surface area contributed by atoms with Gasteiger partial charge in [-0.15, -0.1) is 0 Å². The van der Waals surface area contributed by atoms with E-state index in [1.54, 1.807) is 4.90 Å². The summed E-state index contributed by atoms with van der Waals surface area (Å²) in [5.41, 5.74) is 5.82. The number of nitrogen functional groups attached to an aromatic ring is 1. The molecule has 144 valence electrons. The van der Waals surface area contributed by atoms with Gasteiger partial charge >= 0.3 is 6.03 Å². The molecule has 2 aromatic rings. The predicted molar refractivity (Wildman–Crippen MR) is 100 cm³/mol. The van der Waals surface area contributed by atoms with Crippen LogP contribution in [0.25, 0.3) is 0 Å². The Bertz CT molecular complexity index is 816. The van der Waals surface area contributed by atoms with Gasteiger partial charge in [-0.05, 0) is 38.6 Å². The fourth-order valence-corrected chi connectivity index (χ4v) is 3.05. The van der Waals surface area contributed by atoms with E-state index in [0.29, 0.717) is 24.7 Å². The topological polar surface area (TPSA) is 96.6 Å². The van der Waals surface area contributed by atoms with E-state index in [1.807, 2.05) is 14.1 Å². The molecule has 1 aromatic carbocycles. The number of urea groups is 1. The molecule has 1 atom stereocenters. The normalized spacial score (nSPS) is 16.6. The van der Waals surface area contributed by atoms with Crippen LogP contribution in [0.15, 0.2) is 30.6 Å². The van der Waals surface area contributed by atoms with Gasteiger partial charge in [-0.25, -0.2) is 19.2 Å². The van der Waals surface area contributed by atoms with E-state index in [2.05, 4.69) is 20.2 Å². The first-order valence-electron chi connectivity index (χ1n) is 8.66. The van der Waals surface area contributed by atoms with Gasteiger partial charge in [0.25, 0.3) is 0 Å². The molecule has 3 rings (SSSR count). The maximum absolute atomic E-state index is 13.8. The first-order chi connectivity index (χ1) is 12.9. The number of carbonyl (C=O) groups is 1. The van der Waals surface area contributed by atoms with Gasteiger partial charge in [0, 0.05) is 37.5 Å². The van der Waals surface area contributed by atoms with Crippen molar-refractivity contribution in [2.75, 3.05) is 44.8 Å². The Morgan fingerprint density at radius 3 is 2.96 bits per heavy atom. The molecule has 1 aliphatic rings. The number of hydrogen-bond donors (Lipinski definition) is 2. The lowest BCUT2D eigenvalue weighted by molar-refractivity contribution is 0.219. The summed E-state index contributed by atoms with van der Waals surface area (Å²) in [5.74, 6) is 0.269. The average Bonchev–Trinajstić information content (AvgIpc) is 3.06. The number of halogens is 1. The lowest BCUT2D eigenvalue weighted by atomic mass is 10.1. The standard InChI is InChI=1S/C18H23FN6O2/c1-24(2)9-12-5-6-25(10-12)18(26)23-16-8-17(22-11-21-16)27-15-4-3-13(20)7-14(15)19/h3-4,7-8,11-12H,5-6,9-10,20H2,1-2H3,(H,21,22,23,26)/t12-/m1/s1. The number of hydrogen-bond acceptors (Lipinski definition) is 6. The molecule has 0 saturated carbocycles. The molecule has 9 heteroatoms. The molecular formula is C18H23FN6O2.